The second kappa shape index (κ2) is 8.33. The van der Waals surface area contributed by atoms with E-state index in [9.17, 15) is 14.0 Å². The molecule has 5 nitrogen and oxygen atoms in total. The van der Waals surface area contributed by atoms with E-state index in [-0.39, 0.29) is 30.5 Å². The van der Waals surface area contributed by atoms with Gasteiger partial charge in [0, 0.05) is 32.7 Å². The molecule has 29 heavy (non-hydrogen) atoms. The minimum Gasteiger partial charge on any atom is -0.379 e. The lowest BCUT2D eigenvalue weighted by Gasteiger charge is -2.40. The molecule has 0 aliphatic carbocycles. The van der Waals surface area contributed by atoms with Crippen LogP contribution in [-0.2, 0) is 27.3 Å². The Morgan fingerprint density at radius 2 is 1.86 bits per heavy atom. The number of benzene rings is 2. The number of amides is 2. The van der Waals surface area contributed by atoms with Crippen LogP contribution in [-0.4, -0.2) is 53.5 Å². The van der Waals surface area contributed by atoms with Crippen molar-refractivity contribution in [2.24, 2.45) is 0 Å². The first-order valence-corrected chi connectivity index (χ1v) is 10.0. The fraction of sp³-hybridized carbons (Fsp3) is 0.391. The molecule has 2 heterocycles. The molecule has 2 aliphatic heterocycles. The summed E-state index contributed by atoms with van der Waals surface area (Å²) in [5, 5.41) is 0. The molecule has 1 spiro atoms. The molecular weight excluding hydrogens is 371 g/mol. The molecule has 1 atom stereocenters. The Bertz CT molecular complexity index is 881. The van der Waals surface area contributed by atoms with Crippen molar-refractivity contribution in [2.45, 2.75) is 31.3 Å². The quantitative estimate of drug-likeness (QED) is 0.799. The smallest absolute Gasteiger partial charge is 0.227 e. The van der Waals surface area contributed by atoms with E-state index in [1.54, 1.807) is 23.1 Å². The molecule has 2 aromatic carbocycles. The van der Waals surface area contributed by atoms with Gasteiger partial charge in [0.2, 0.25) is 11.8 Å². The van der Waals surface area contributed by atoms with Crippen molar-refractivity contribution in [3.05, 3.63) is 71.5 Å². The largest absolute Gasteiger partial charge is 0.379 e. The lowest BCUT2D eigenvalue weighted by molar-refractivity contribution is -0.138. The topological polar surface area (TPSA) is 49.9 Å². The van der Waals surface area contributed by atoms with E-state index in [1.165, 1.54) is 6.07 Å². The summed E-state index contributed by atoms with van der Waals surface area (Å²) in [5.41, 5.74) is 0.901. The molecule has 2 fully saturated rings. The second-order valence-corrected chi connectivity index (χ2v) is 7.83. The van der Waals surface area contributed by atoms with Crippen LogP contribution >= 0.6 is 0 Å². The van der Waals surface area contributed by atoms with Crippen molar-refractivity contribution >= 4 is 11.8 Å². The van der Waals surface area contributed by atoms with Gasteiger partial charge in [-0.1, -0.05) is 48.5 Å². The van der Waals surface area contributed by atoms with E-state index in [0.29, 0.717) is 44.8 Å². The van der Waals surface area contributed by atoms with Crippen molar-refractivity contribution in [3.8, 4) is 0 Å². The number of ether oxygens (including phenoxy) is 1. The third-order valence-corrected chi connectivity index (χ3v) is 5.87. The van der Waals surface area contributed by atoms with Gasteiger partial charge in [0.05, 0.1) is 18.6 Å². The average molecular weight is 396 g/mol. The molecule has 2 aliphatic rings. The van der Waals surface area contributed by atoms with Gasteiger partial charge < -0.3 is 14.5 Å². The standard InChI is InChI=1S/C23H25FN2O3/c24-20-9-5-4-8-19(20)14-22(28)25-12-10-21(27)26(15-18-6-2-1-3-7-18)23(16-25)11-13-29-17-23/h1-9H,10-17H2. The van der Waals surface area contributed by atoms with Gasteiger partial charge in [-0.05, 0) is 23.6 Å². The van der Waals surface area contributed by atoms with Gasteiger partial charge >= 0.3 is 0 Å². The van der Waals surface area contributed by atoms with Crippen LogP contribution in [0.15, 0.2) is 54.6 Å². The van der Waals surface area contributed by atoms with Gasteiger partial charge in [-0.2, -0.15) is 0 Å². The number of halogens is 1. The summed E-state index contributed by atoms with van der Waals surface area (Å²) in [7, 11) is 0. The third kappa shape index (κ3) is 4.17. The predicted octanol–water partition coefficient (Wildman–Crippen LogP) is 2.79. The maximum absolute atomic E-state index is 14.0. The van der Waals surface area contributed by atoms with E-state index >= 15 is 0 Å². The highest BCUT2D eigenvalue weighted by Gasteiger charge is 2.46. The van der Waals surface area contributed by atoms with Gasteiger partial charge in [-0.15, -0.1) is 0 Å². The van der Waals surface area contributed by atoms with Crippen LogP contribution in [0.25, 0.3) is 0 Å². The molecule has 0 N–H and O–H groups in total. The first kappa shape index (κ1) is 19.6. The molecule has 0 aromatic heterocycles. The normalized spacial score (nSPS) is 22.2. The summed E-state index contributed by atoms with van der Waals surface area (Å²) in [6.45, 7) is 2.24. The number of carbonyl (C=O) groups excluding carboxylic acids is 2. The van der Waals surface area contributed by atoms with Gasteiger partial charge in [-0.25, -0.2) is 4.39 Å². The Morgan fingerprint density at radius 1 is 1.10 bits per heavy atom. The van der Waals surface area contributed by atoms with Crippen LogP contribution in [0, 0.1) is 5.82 Å². The third-order valence-electron chi connectivity index (χ3n) is 5.87. The fourth-order valence-electron chi connectivity index (χ4n) is 4.24. The predicted molar refractivity (Wildman–Crippen MR) is 106 cm³/mol. The fourth-order valence-corrected chi connectivity index (χ4v) is 4.24. The van der Waals surface area contributed by atoms with Gasteiger partial charge in [-0.3, -0.25) is 9.59 Å². The monoisotopic (exact) mass is 396 g/mol. The van der Waals surface area contributed by atoms with Gasteiger partial charge in [0.25, 0.3) is 0 Å². The highest BCUT2D eigenvalue weighted by Crippen LogP contribution is 2.32. The Balaban J connectivity index is 1.56. The van der Waals surface area contributed by atoms with E-state index in [2.05, 4.69) is 0 Å². The highest BCUT2D eigenvalue weighted by molar-refractivity contribution is 5.82. The van der Waals surface area contributed by atoms with Crippen molar-refractivity contribution in [3.63, 3.8) is 0 Å². The van der Waals surface area contributed by atoms with Crippen LogP contribution in [0.5, 0.6) is 0 Å². The molecule has 0 bridgehead atoms. The van der Waals surface area contributed by atoms with Crippen molar-refractivity contribution in [2.75, 3.05) is 26.3 Å². The first-order valence-electron chi connectivity index (χ1n) is 10.0. The summed E-state index contributed by atoms with van der Waals surface area (Å²) in [6, 6.07) is 16.2. The maximum atomic E-state index is 14.0. The van der Waals surface area contributed by atoms with E-state index < -0.39 is 5.54 Å². The van der Waals surface area contributed by atoms with Crippen molar-refractivity contribution < 1.29 is 18.7 Å². The Morgan fingerprint density at radius 3 is 2.59 bits per heavy atom. The van der Waals surface area contributed by atoms with Gasteiger partial charge in [0.15, 0.2) is 0 Å². The number of hydrogen-bond acceptors (Lipinski definition) is 3. The van der Waals surface area contributed by atoms with E-state index in [0.717, 1.165) is 5.56 Å². The van der Waals surface area contributed by atoms with Crippen molar-refractivity contribution in [1.29, 1.82) is 0 Å². The maximum Gasteiger partial charge on any atom is 0.227 e. The minimum absolute atomic E-state index is 0.00349. The van der Waals surface area contributed by atoms with Gasteiger partial charge in [0.1, 0.15) is 5.82 Å². The molecular formula is C23H25FN2O3. The lowest BCUT2D eigenvalue weighted by atomic mass is 9.94. The van der Waals surface area contributed by atoms with Crippen molar-refractivity contribution in [1.82, 2.24) is 9.80 Å². The molecule has 0 radical (unpaired) electrons. The molecule has 152 valence electrons. The van der Waals surface area contributed by atoms with Crippen LogP contribution < -0.4 is 0 Å². The zero-order chi connectivity index (χ0) is 20.3. The molecule has 2 saturated heterocycles. The summed E-state index contributed by atoms with van der Waals surface area (Å²) < 4.78 is 19.7. The van der Waals surface area contributed by atoms with Crippen LogP contribution in [0.1, 0.15) is 24.0 Å². The minimum atomic E-state index is -0.533. The zero-order valence-corrected chi connectivity index (χ0v) is 16.4. The molecule has 0 saturated carbocycles. The molecule has 1 unspecified atom stereocenters. The Labute approximate surface area is 170 Å². The summed E-state index contributed by atoms with van der Waals surface area (Å²) in [4.78, 5) is 29.6. The second-order valence-electron chi connectivity index (χ2n) is 7.83. The molecule has 2 amide bonds. The zero-order valence-electron chi connectivity index (χ0n) is 16.4. The molecule has 4 rings (SSSR count). The van der Waals surface area contributed by atoms with E-state index in [4.69, 9.17) is 4.74 Å². The Kier molecular flexibility index (Phi) is 5.62. The number of rotatable bonds is 4. The van der Waals surface area contributed by atoms with Crippen LogP contribution in [0.4, 0.5) is 4.39 Å². The highest BCUT2D eigenvalue weighted by atomic mass is 19.1. The average Bonchev–Trinajstić information content (AvgIpc) is 3.15. The molecule has 2 aromatic rings. The number of hydrogen-bond donors (Lipinski definition) is 0. The molecule has 6 heteroatoms. The summed E-state index contributed by atoms with van der Waals surface area (Å²) >= 11 is 0. The summed E-state index contributed by atoms with van der Waals surface area (Å²) in [5.74, 6) is -0.507. The van der Waals surface area contributed by atoms with Crippen LogP contribution in [0.3, 0.4) is 0 Å². The Hall–Kier alpha value is -2.73. The number of carbonyl (C=O) groups is 2. The van der Waals surface area contributed by atoms with Crippen LogP contribution in [0.2, 0.25) is 0 Å². The SMILES string of the molecule is O=C(Cc1ccccc1F)N1CCC(=O)N(Cc2ccccc2)C2(CCOC2)C1. The lowest BCUT2D eigenvalue weighted by Crippen LogP contribution is -2.56. The van der Waals surface area contributed by atoms with E-state index in [1.807, 2.05) is 35.2 Å². The number of nitrogens with zero attached hydrogens (tertiary/aromatic N) is 2. The first-order chi connectivity index (χ1) is 14.1. The summed E-state index contributed by atoms with van der Waals surface area (Å²) in [6.07, 6.45) is 0.948.